The lowest BCUT2D eigenvalue weighted by Gasteiger charge is -2.12. The maximum Gasteiger partial charge on any atom is 0.185 e. The largest absolute Gasteiger partial charge is 0.496 e. The molecule has 0 saturated heterocycles. The summed E-state index contributed by atoms with van der Waals surface area (Å²) in [7, 11) is 1.63. The maximum absolute atomic E-state index is 12.4. The van der Waals surface area contributed by atoms with Gasteiger partial charge in [0.2, 0.25) is 0 Å². The van der Waals surface area contributed by atoms with Crippen molar-refractivity contribution in [2.75, 3.05) is 7.11 Å². The lowest BCUT2D eigenvalue weighted by molar-refractivity contribution is 0.104. The molecule has 0 amide bonds. The first kappa shape index (κ1) is 20.7. The van der Waals surface area contributed by atoms with E-state index in [0.717, 1.165) is 28.0 Å². The Kier molecular flexibility index (Phi) is 6.34. The predicted octanol–water partition coefficient (Wildman–Crippen LogP) is 6.98. The van der Waals surface area contributed by atoms with E-state index < -0.39 is 0 Å². The van der Waals surface area contributed by atoms with E-state index in [1.54, 1.807) is 43.5 Å². The molecule has 0 N–H and O–H groups in total. The molecule has 0 saturated carbocycles. The highest BCUT2D eigenvalue weighted by molar-refractivity contribution is 6.30. The number of benzene rings is 4. The molecule has 0 bridgehead atoms. The quantitative estimate of drug-likeness (QED) is 0.235. The average Bonchev–Trinajstić information content (AvgIpc) is 2.81. The highest BCUT2D eigenvalue weighted by atomic mass is 35.5. The third kappa shape index (κ3) is 5.14. The lowest BCUT2D eigenvalue weighted by Crippen LogP contribution is -1.99. The van der Waals surface area contributed by atoms with Crippen molar-refractivity contribution in [2.24, 2.45) is 0 Å². The molecular weight excluding hydrogens is 408 g/mol. The average molecular weight is 429 g/mol. The van der Waals surface area contributed by atoms with Gasteiger partial charge >= 0.3 is 0 Å². The van der Waals surface area contributed by atoms with Crippen molar-refractivity contribution in [3.63, 3.8) is 0 Å². The second-order valence-corrected chi connectivity index (χ2v) is 7.51. The zero-order valence-electron chi connectivity index (χ0n) is 17.0. The number of carbonyl (C=O) groups is 1. The molecule has 0 aromatic heterocycles. The minimum Gasteiger partial charge on any atom is -0.496 e. The fraction of sp³-hybridized carbons (Fsp3) is 0.0741. The number of ketones is 1. The van der Waals surface area contributed by atoms with Crippen LogP contribution >= 0.6 is 11.6 Å². The van der Waals surface area contributed by atoms with Gasteiger partial charge in [-0.3, -0.25) is 4.79 Å². The first-order valence-corrected chi connectivity index (χ1v) is 10.3. The number of hydrogen-bond donors (Lipinski definition) is 0. The molecule has 0 atom stereocenters. The van der Waals surface area contributed by atoms with Crippen LogP contribution in [0.2, 0.25) is 5.02 Å². The summed E-state index contributed by atoms with van der Waals surface area (Å²) in [6.45, 7) is 0.355. The van der Waals surface area contributed by atoms with Crippen molar-refractivity contribution in [3.05, 3.63) is 113 Å². The number of allylic oxidation sites excluding steroid dienone is 1. The zero-order chi connectivity index (χ0) is 21.6. The smallest absolute Gasteiger partial charge is 0.185 e. The van der Waals surface area contributed by atoms with Crippen molar-refractivity contribution in [1.29, 1.82) is 0 Å². The molecule has 0 heterocycles. The summed E-state index contributed by atoms with van der Waals surface area (Å²) in [6, 6.07) is 26.8. The third-order valence-corrected chi connectivity index (χ3v) is 5.23. The molecule has 4 heteroatoms. The van der Waals surface area contributed by atoms with Crippen molar-refractivity contribution in [3.8, 4) is 11.5 Å². The van der Waals surface area contributed by atoms with Crippen LogP contribution in [0.25, 0.3) is 16.8 Å². The fourth-order valence-electron chi connectivity index (χ4n) is 3.32. The number of rotatable bonds is 7. The van der Waals surface area contributed by atoms with E-state index >= 15 is 0 Å². The molecule has 0 unspecified atom stereocenters. The highest BCUT2D eigenvalue weighted by Crippen LogP contribution is 2.25. The van der Waals surface area contributed by atoms with Crippen molar-refractivity contribution in [1.82, 2.24) is 0 Å². The van der Waals surface area contributed by atoms with Gasteiger partial charge in [-0.25, -0.2) is 0 Å². The summed E-state index contributed by atoms with van der Waals surface area (Å²) in [5.41, 5.74) is 2.38. The number of ether oxygens (including phenoxy) is 2. The summed E-state index contributed by atoms with van der Waals surface area (Å²) in [5, 5.41) is 2.90. The van der Waals surface area contributed by atoms with Crippen molar-refractivity contribution < 1.29 is 14.3 Å². The van der Waals surface area contributed by atoms with Gasteiger partial charge in [0.05, 0.1) is 7.11 Å². The van der Waals surface area contributed by atoms with Crippen LogP contribution in [0.4, 0.5) is 0 Å². The normalized spacial score (nSPS) is 11.0. The van der Waals surface area contributed by atoms with E-state index in [1.165, 1.54) is 5.39 Å². The number of methoxy groups -OCH3 is 1. The molecule has 4 aromatic rings. The number of halogens is 1. The molecule has 0 aliphatic rings. The second-order valence-electron chi connectivity index (χ2n) is 7.07. The lowest BCUT2D eigenvalue weighted by atomic mass is 10.1. The molecule has 0 aliphatic carbocycles. The Bertz CT molecular complexity index is 1240. The van der Waals surface area contributed by atoms with Gasteiger partial charge in [0.15, 0.2) is 5.78 Å². The minimum absolute atomic E-state index is 0.0820. The first-order valence-electron chi connectivity index (χ1n) is 9.89. The highest BCUT2D eigenvalue weighted by Gasteiger charge is 2.07. The van der Waals surface area contributed by atoms with Crippen LogP contribution in [0.5, 0.6) is 11.5 Å². The summed E-state index contributed by atoms with van der Waals surface area (Å²) >= 11 is 5.88. The van der Waals surface area contributed by atoms with Crippen LogP contribution < -0.4 is 9.47 Å². The van der Waals surface area contributed by atoms with Crippen LogP contribution in [0.3, 0.4) is 0 Å². The number of fused-ring (bicyclic) bond motifs is 1. The van der Waals surface area contributed by atoms with Crippen LogP contribution in [0, 0.1) is 0 Å². The minimum atomic E-state index is -0.0820. The Labute approximate surface area is 186 Å². The van der Waals surface area contributed by atoms with Gasteiger partial charge in [0, 0.05) is 16.1 Å². The molecule has 4 rings (SSSR count). The SMILES string of the molecule is COc1ccc(/C=C/C(=O)c2ccc(Cl)cc2)cc1COc1ccc2ccccc2c1. The van der Waals surface area contributed by atoms with E-state index in [-0.39, 0.29) is 5.78 Å². The standard InChI is InChI=1S/C27H21ClO3/c1-30-27-15-7-19(6-14-26(29)21-8-11-24(28)12-9-21)16-23(27)18-31-25-13-10-20-4-2-3-5-22(20)17-25/h2-17H,18H2,1H3/b14-6+. The Morgan fingerprint density at radius 1 is 0.903 bits per heavy atom. The van der Waals surface area contributed by atoms with E-state index in [2.05, 4.69) is 12.1 Å². The Morgan fingerprint density at radius 3 is 2.45 bits per heavy atom. The van der Waals surface area contributed by atoms with Gasteiger partial charge in [-0.15, -0.1) is 0 Å². The first-order chi connectivity index (χ1) is 15.1. The monoisotopic (exact) mass is 428 g/mol. The predicted molar refractivity (Wildman–Crippen MR) is 126 cm³/mol. The maximum atomic E-state index is 12.4. The van der Waals surface area contributed by atoms with Crippen LogP contribution in [-0.2, 0) is 6.61 Å². The number of carbonyl (C=O) groups excluding carboxylic acids is 1. The topological polar surface area (TPSA) is 35.5 Å². The summed E-state index contributed by atoms with van der Waals surface area (Å²) in [6.07, 6.45) is 3.34. The van der Waals surface area contributed by atoms with E-state index in [0.29, 0.717) is 17.2 Å². The Balaban J connectivity index is 1.50. The van der Waals surface area contributed by atoms with Gasteiger partial charge in [-0.05, 0) is 70.9 Å². The molecule has 0 fully saturated rings. The molecule has 0 spiro atoms. The van der Waals surface area contributed by atoms with Gasteiger partial charge in [-0.1, -0.05) is 54.1 Å². The van der Waals surface area contributed by atoms with E-state index in [4.69, 9.17) is 21.1 Å². The molecule has 0 aliphatic heterocycles. The van der Waals surface area contributed by atoms with E-state index in [9.17, 15) is 4.79 Å². The van der Waals surface area contributed by atoms with Gasteiger partial charge in [-0.2, -0.15) is 0 Å². The van der Waals surface area contributed by atoms with Crippen LogP contribution in [-0.4, -0.2) is 12.9 Å². The molecular formula is C27H21ClO3. The summed E-state index contributed by atoms with van der Waals surface area (Å²) in [5.74, 6) is 1.45. The Hall–Kier alpha value is -3.56. The molecule has 0 radical (unpaired) electrons. The molecule has 31 heavy (non-hydrogen) atoms. The number of hydrogen-bond acceptors (Lipinski definition) is 3. The zero-order valence-corrected chi connectivity index (χ0v) is 17.8. The van der Waals surface area contributed by atoms with Crippen LogP contribution in [0.1, 0.15) is 21.5 Å². The molecule has 3 nitrogen and oxygen atoms in total. The van der Waals surface area contributed by atoms with Gasteiger partial charge in [0.1, 0.15) is 18.1 Å². The summed E-state index contributed by atoms with van der Waals surface area (Å²) in [4.78, 5) is 12.4. The van der Waals surface area contributed by atoms with E-state index in [1.807, 2.05) is 48.5 Å². The summed E-state index contributed by atoms with van der Waals surface area (Å²) < 4.78 is 11.5. The van der Waals surface area contributed by atoms with Crippen molar-refractivity contribution >= 4 is 34.2 Å². The van der Waals surface area contributed by atoms with Crippen molar-refractivity contribution in [2.45, 2.75) is 6.61 Å². The Morgan fingerprint density at radius 2 is 1.68 bits per heavy atom. The third-order valence-electron chi connectivity index (χ3n) is 4.98. The second kappa shape index (κ2) is 9.50. The van der Waals surface area contributed by atoms with Crippen LogP contribution in [0.15, 0.2) is 91.0 Å². The fourth-order valence-corrected chi connectivity index (χ4v) is 3.44. The molecule has 154 valence electrons. The van der Waals surface area contributed by atoms with Gasteiger partial charge in [0.25, 0.3) is 0 Å². The van der Waals surface area contributed by atoms with Gasteiger partial charge < -0.3 is 9.47 Å². The molecule has 4 aromatic carbocycles.